The van der Waals surface area contributed by atoms with E-state index in [1.54, 1.807) is 6.20 Å². The van der Waals surface area contributed by atoms with Crippen LogP contribution >= 0.6 is 0 Å². The molecule has 26 heavy (non-hydrogen) atoms. The molecule has 1 saturated heterocycles. The summed E-state index contributed by atoms with van der Waals surface area (Å²) in [5.74, 6) is 0.0756. The average Bonchev–Trinajstić information content (AvgIpc) is 3.26. The van der Waals surface area contributed by atoms with Gasteiger partial charge in [0.15, 0.2) is 5.65 Å². The minimum absolute atomic E-state index is 0.0285. The summed E-state index contributed by atoms with van der Waals surface area (Å²) in [5, 5.41) is 4.57. The number of anilines is 1. The van der Waals surface area contributed by atoms with Gasteiger partial charge in [0, 0.05) is 44.2 Å². The molecule has 1 aliphatic rings. The van der Waals surface area contributed by atoms with Gasteiger partial charge in [0.1, 0.15) is 0 Å². The zero-order valence-corrected chi connectivity index (χ0v) is 15.4. The number of aryl methyl sites for hydroxylation is 1. The molecular weight excluding hydrogens is 326 g/mol. The van der Waals surface area contributed by atoms with Gasteiger partial charge in [0.2, 0.25) is 0 Å². The summed E-state index contributed by atoms with van der Waals surface area (Å²) in [5.41, 5.74) is 4.60. The monoisotopic (exact) mass is 349 g/mol. The number of carbonyl (C=O) groups excluding carboxylic acids is 1. The highest BCUT2D eigenvalue weighted by atomic mass is 16.2. The summed E-state index contributed by atoms with van der Waals surface area (Å²) in [7, 11) is 3.99. The Hall–Kier alpha value is -2.89. The second-order valence-electron chi connectivity index (χ2n) is 7.02. The molecule has 0 bridgehead atoms. The molecule has 0 spiro atoms. The number of aromatic nitrogens is 3. The topological polar surface area (TPSA) is 53.7 Å². The van der Waals surface area contributed by atoms with Crippen molar-refractivity contribution in [3.63, 3.8) is 0 Å². The van der Waals surface area contributed by atoms with E-state index in [2.05, 4.69) is 10.1 Å². The fraction of sp³-hybridized carbons (Fsp3) is 0.350. The van der Waals surface area contributed by atoms with E-state index in [4.69, 9.17) is 0 Å². The molecule has 1 amide bonds. The number of hydrogen-bond donors (Lipinski definition) is 0. The molecule has 0 unspecified atom stereocenters. The molecular formula is C20H23N5O. The summed E-state index contributed by atoms with van der Waals surface area (Å²) in [4.78, 5) is 21.5. The maximum Gasteiger partial charge on any atom is 0.254 e. The van der Waals surface area contributed by atoms with Crippen molar-refractivity contribution in [1.29, 1.82) is 0 Å². The van der Waals surface area contributed by atoms with Crippen LogP contribution in [0.1, 0.15) is 40.6 Å². The summed E-state index contributed by atoms with van der Waals surface area (Å²) >= 11 is 0. The highest BCUT2D eigenvalue weighted by molar-refractivity contribution is 5.95. The minimum Gasteiger partial charge on any atom is -0.378 e. The largest absolute Gasteiger partial charge is 0.378 e. The van der Waals surface area contributed by atoms with Crippen LogP contribution in [0.3, 0.4) is 0 Å². The highest BCUT2D eigenvalue weighted by Crippen LogP contribution is 2.33. The van der Waals surface area contributed by atoms with E-state index in [1.165, 1.54) is 0 Å². The van der Waals surface area contributed by atoms with E-state index < -0.39 is 0 Å². The number of carbonyl (C=O) groups is 1. The zero-order chi connectivity index (χ0) is 18.3. The van der Waals surface area contributed by atoms with Crippen LogP contribution in [0.2, 0.25) is 0 Å². The lowest BCUT2D eigenvalue weighted by Crippen LogP contribution is -2.31. The second-order valence-corrected chi connectivity index (χ2v) is 7.02. The molecule has 1 aliphatic heterocycles. The summed E-state index contributed by atoms with van der Waals surface area (Å²) in [6.45, 7) is 2.73. The first-order valence-corrected chi connectivity index (χ1v) is 8.94. The van der Waals surface area contributed by atoms with Gasteiger partial charge in [-0.2, -0.15) is 5.10 Å². The van der Waals surface area contributed by atoms with Gasteiger partial charge >= 0.3 is 0 Å². The van der Waals surface area contributed by atoms with Gasteiger partial charge in [0.05, 0.1) is 17.4 Å². The van der Waals surface area contributed by atoms with Gasteiger partial charge in [-0.1, -0.05) is 0 Å². The first kappa shape index (κ1) is 16.6. The van der Waals surface area contributed by atoms with E-state index in [9.17, 15) is 4.79 Å². The van der Waals surface area contributed by atoms with Gasteiger partial charge in [-0.3, -0.25) is 4.79 Å². The number of fused-ring (bicyclic) bond motifs is 1. The summed E-state index contributed by atoms with van der Waals surface area (Å²) < 4.78 is 1.88. The van der Waals surface area contributed by atoms with Crippen LogP contribution in [-0.4, -0.2) is 46.0 Å². The first-order chi connectivity index (χ1) is 12.5. The molecule has 1 atom stereocenters. The van der Waals surface area contributed by atoms with Crippen LogP contribution in [0.5, 0.6) is 0 Å². The average molecular weight is 349 g/mol. The Morgan fingerprint density at radius 2 is 1.96 bits per heavy atom. The maximum atomic E-state index is 13.1. The molecule has 6 heteroatoms. The smallest absolute Gasteiger partial charge is 0.254 e. The summed E-state index contributed by atoms with van der Waals surface area (Å²) in [6, 6.07) is 11.8. The van der Waals surface area contributed by atoms with Crippen LogP contribution < -0.4 is 4.90 Å². The molecule has 134 valence electrons. The highest BCUT2D eigenvalue weighted by Gasteiger charge is 2.32. The number of benzene rings is 1. The normalized spacial score (nSPS) is 17.0. The number of likely N-dealkylation sites (tertiary alicyclic amines) is 1. The Morgan fingerprint density at radius 3 is 2.69 bits per heavy atom. The lowest BCUT2D eigenvalue weighted by molar-refractivity contribution is 0.0731. The van der Waals surface area contributed by atoms with Crippen molar-refractivity contribution in [2.75, 3.05) is 25.5 Å². The number of amides is 1. The third-order valence-electron chi connectivity index (χ3n) is 5.00. The quantitative estimate of drug-likeness (QED) is 0.729. The third-order valence-corrected chi connectivity index (χ3v) is 5.00. The maximum absolute atomic E-state index is 13.1. The van der Waals surface area contributed by atoms with Crippen LogP contribution in [0.4, 0.5) is 5.69 Å². The third kappa shape index (κ3) is 2.81. The van der Waals surface area contributed by atoms with E-state index in [1.807, 2.05) is 71.7 Å². The first-order valence-electron chi connectivity index (χ1n) is 8.94. The predicted octanol–water partition coefficient (Wildman–Crippen LogP) is 3.08. The van der Waals surface area contributed by atoms with Gasteiger partial charge in [-0.15, -0.1) is 0 Å². The molecule has 4 rings (SSSR count). The fourth-order valence-electron chi connectivity index (χ4n) is 3.67. The number of nitrogens with zero attached hydrogens (tertiary/aromatic N) is 5. The van der Waals surface area contributed by atoms with Crippen molar-refractivity contribution in [3.8, 4) is 0 Å². The minimum atomic E-state index is 0.0285. The molecule has 6 nitrogen and oxygen atoms in total. The van der Waals surface area contributed by atoms with Crippen molar-refractivity contribution in [2.24, 2.45) is 0 Å². The van der Waals surface area contributed by atoms with Crippen LogP contribution in [0.15, 0.2) is 42.6 Å². The molecule has 1 fully saturated rings. The Labute approximate surface area is 153 Å². The molecule has 3 heterocycles. The lowest BCUT2D eigenvalue weighted by atomic mass is 10.1. The number of hydrogen-bond acceptors (Lipinski definition) is 4. The van der Waals surface area contributed by atoms with Gasteiger partial charge in [-0.25, -0.2) is 9.50 Å². The Kier molecular flexibility index (Phi) is 4.11. The standard InChI is InChI=1S/C20H23N5O/c1-14-13-19-21-11-10-18(25(19)22-14)17-5-4-12-24(17)20(26)15-6-8-16(9-7-15)23(2)3/h6-11,13,17H,4-5,12H2,1-3H3/t17-/m0/s1. The predicted molar refractivity (Wildman–Crippen MR) is 102 cm³/mol. The van der Waals surface area contributed by atoms with Crippen LogP contribution in [-0.2, 0) is 0 Å². The molecule has 1 aromatic carbocycles. The second kappa shape index (κ2) is 6.44. The summed E-state index contributed by atoms with van der Waals surface area (Å²) in [6.07, 6.45) is 3.74. The molecule has 0 N–H and O–H groups in total. The van der Waals surface area contributed by atoms with Gasteiger partial charge in [-0.05, 0) is 50.1 Å². The van der Waals surface area contributed by atoms with Gasteiger partial charge in [0.25, 0.3) is 5.91 Å². The number of rotatable bonds is 3. The van der Waals surface area contributed by atoms with Crippen molar-refractivity contribution >= 4 is 17.2 Å². The van der Waals surface area contributed by atoms with Crippen molar-refractivity contribution in [1.82, 2.24) is 19.5 Å². The lowest BCUT2D eigenvalue weighted by Gasteiger charge is -2.25. The Bertz CT molecular complexity index is 944. The zero-order valence-electron chi connectivity index (χ0n) is 15.4. The van der Waals surface area contributed by atoms with Crippen molar-refractivity contribution in [3.05, 3.63) is 59.5 Å². The molecule has 0 aliphatic carbocycles. The Morgan fingerprint density at radius 1 is 1.19 bits per heavy atom. The van der Waals surface area contributed by atoms with Gasteiger partial charge < -0.3 is 9.80 Å². The van der Waals surface area contributed by atoms with E-state index in [0.29, 0.717) is 0 Å². The van der Waals surface area contributed by atoms with E-state index >= 15 is 0 Å². The SMILES string of the molecule is Cc1cc2nccc([C@@H]3CCCN3C(=O)c3ccc(N(C)C)cc3)n2n1. The van der Waals surface area contributed by atoms with Crippen LogP contribution in [0, 0.1) is 6.92 Å². The molecule has 0 radical (unpaired) electrons. The van der Waals surface area contributed by atoms with Crippen molar-refractivity contribution < 1.29 is 4.79 Å². The molecule has 2 aromatic heterocycles. The molecule has 3 aromatic rings. The fourth-order valence-corrected chi connectivity index (χ4v) is 3.67. The van der Waals surface area contributed by atoms with E-state index in [-0.39, 0.29) is 11.9 Å². The van der Waals surface area contributed by atoms with E-state index in [0.717, 1.165) is 47.7 Å². The van der Waals surface area contributed by atoms with Crippen LogP contribution in [0.25, 0.3) is 5.65 Å². The van der Waals surface area contributed by atoms with Crippen molar-refractivity contribution in [2.45, 2.75) is 25.8 Å². The Balaban J connectivity index is 1.66. The molecule has 0 saturated carbocycles.